The van der Waals surface area contributed by atoms with Crippen molar-refractivity contribution in [2.75, 3.05) is 0 Å². The molecule has 4 heteroatoms. The molecule has 19 heavy (non-hydrogen) atoms. The number of halogens is 2. The molecule has 0 saturated carbocycles. The van der Waals surface area contributed by atoms with Crippen molar-refractivity contribution in [3.05, 3.63) is 64.4 Å². The largest absolute Gasteiger partial charge is 0.488 e. The predicted octanol–water partition coefficient (Wildman–Crippen LogP) is 4.11. The fourth-order valence-corrected chi connectivity index (χ4v) is 1.95. The van der Waals surface area contributed by atoms with Crippen molar-refractivity contribution in [1.82, 2.24) is 0 Å². The zero-order valence-electron chi connectivity index (χ0n) is 10.4. The third kappa shape index (κ3) is 3.25. The van der Waals surface area contributed by atoms with Gasteiger partial charge in [0.25, 0.3) is 0 Å². The molecule has 2 rings (SSSR count). The van der Waals surface area contributed by atoms with E-state index in [0.29, 0.717) is 16.9 Å². The van der Waals surface area contributed by atoms with Crippen molar-refractivity contribution in [3.8, 4) is 5.75 Å². The van der Waals surface area contributed by atoms with E-state index < -0.39 is 11.9 Å². The number of aliphatic hydroxyl groups is 1. The second-order valence-corrected chi connectivity index (χ2v) is 4.59. The van der Waals surface area contributed by atoms with Gasteiger partial charge >= 0.3 is 0 Å². The van der Waals surface area contributed by atoms with Crippen LogP contribution >= 0.6 is 11.6 Å². The average Bonchev–Trinajstić information content (AvgIpc) is 2.40. The Morgan fingerprint density at radius 1 is 1.21 bits per heavy atom. The average molecular weight is 281 g/mol. The van der Waals surface area contributed by atoms with Crippen molar-refractivity contribution in [3.63, 3.8) is 0 Å². The third-order valence-corrected chi connectivity index (χ3v) is 3.21. The molecule has 2 aromatic carbocycles. The Balaban J connectivity index is 2.17. The molecule has 0 bridgehead atoms. The molecular formula is C15H14ClFO2. The highest BCUT2D eigenvalue weighted by molar-refractivity contribution is 6.31. The number of aliphatic hydroxyl groups excluding tert-OH is 1. The van der Waals surface area contributed by atoms with E-state index in [1.165, 1.54) is 6.07 Å². The highest BCUT2D eigenvalue weighted by atomic mass is 35.5. The van der Waals surface area contributed by atoms with E-state index in [1.807, 2.05) is 12.1 Å². The fourth-order valence-electron chi connectivity index (χ4n) is 1.77. The number of ether oxygens (including phenoxy) is 1. The van der Waals surface area contributed by atoms with Crippen LogP contribution in [0.3, 0.4) is 0 Å². The molecule has 0 aliphatic carbocycles. The summed E-state index contributed by atoms with van der Waals surface area (Å²) in [4.78, 5) is 0. The summed E-state index contributed by atoms with van der Waals surface area (Å²) in [5.74, 6) is 0.101. The van der Waals surface area contributed by atoms with Gasteiger partial charge in [-0.15, -0.1) is 0 Å². The molecule has 2 aromatic rings. The van der Waals surface area contributed by atoms with Crippen LogP contribution in [-0.2, 0) is 6.61 Å². The van der Waals surface area contributed by atoms with Gasteiger partial charge in [0.15, 0.2) is 0 Å². The lowest BCUT2D eigenvalue weighted by atomic mass is 10.1. The first-order valence-corrected chi connectivity index (χ1v) is 6.30. The lowest BCUT2D eigenvalue weighted by molar-refractivity contribution is 0.190. The summed E-state index contributed by atoms with van der Waals surface area (Å²) < 4.78 is 18.9. The van der Waals surface area contributed by atoms with Crippen LogP contribution in [0.25, 0.3) is 0 Å². The monoisotopic (exact) mass is 280 g/mol. The quantitative estimate of drug-likeness (QED) is 0.913. The van der Waals surface area contributed by atoms with Crippen LogP contribution in [0.5, 0.6) is 5.75 Å². The van der Waals surface area contributed by atoms with Gasteiger partial charge in [0.05, 0.1) is 11.1 Å². The Hall–Kier alpha value is -1.58. The normalized spacial score (nSPS) is 12.2. The van der Waals surface area contributed by atoms with Crippen molar-refractivity contribution in [1.29, 1.82) is 0 Å². The van der Waals surface area contributed by atoms with Crippen molar-refractivity contribution >= 4 is 11.6 Å². The van der Waals surface area contributed by atoms with E-state index >= 15 is 0 Å². The summed E-state index contributed by atoms with van der Waals surface area (Å²) in [7, 11) is 0. The van der Waals surface area contributed by atoms with Crippen LogP contribution in [0, 0.1) is 5.82 Å². The first-order chi connectivity index (χ1) is 9.09. The molecule has 0 fully saturated rings. The van der Waals surface area contributed by atoms with E-state index in [2.05, 4.69) is 0 Å². The summed E-state index contributed by atoms with van der Waals surface area (Å²) in [5, 5.41) is 9.70. The summed E-state index contributed by atoms with van der Waals surface area (Å²) in [6.45, 7) is 1.82. The Bertz CT molecular complexity index is 570. The van der Waals surface area contributed by atoms with E-state index in [-0.39, 0.29) is 11.6 Å². The molecule has 0 radical (unpaired) electrons. The van der Waals surface area contributed by atoms with Gasteiger partial charge in [-0.2, -0.15) is 0 Å². The van der Waals surface area contributed by atoms with Gasteiger partial charge in [-0.25, -0.2) is 4.39 Å². The van der Waals surface area contributed by atoms with Crippen LogP contribution < -0.4 is 4.74 Å². The third-order valence-electron chi connectivity index (χ3n) is 2.78. The molecule has 2 nitrogen and oxygen atoms in total. The zero-order chi connectivity index (χ0) is 13.8. The Morgan fingerprint density at radius 2 is 1.95 bits per heavy atom. The topological polar surface area (TPSA) is 29.5 Å². The maximum absolute atomic E-state index is 13.3. The Morgan fingerprint density at radius 3 is 2.68 bits per heavy atom. The van der Waals surface area contributed by atoms with Crippen LogP contribution in [0.1, 0.15) is 24.2 Å². The van der Waals surface area contributed by atoms with Crippen LogP contribution in [0.4, 0.5) is 4.39 Å². The minimum absolute atomic E-state index is 0.0667. The van der Waals surface area contributed by atoms with Crippen LogP contribution in [0.15, 0.2) is 42.5 Å². The number of para-hydroxylation sites is 1. The summed E-state index contributed by atoms with van der Waals surface area (Å²) in [5.41, 5.74) is 1.26. The van der Waals surface area contributed by atoms with Gasteiger partial charge in [0.1, 0.15) is 18.2 Å². The summed E-state index contributed by atoms with van der Waals surface area (Å²) in [6, 6.07) is 11.8. The SMILES string of the molecule is C[C@@H](O)c1ccccc1OCc1cccc(F)c1Cl. The van der Waals surface area contributed by atoms with Crippen LogP contribution in [0.2, 0.25) is 5.02 Å². The van der Waals surface area contributed by atoms with E-state index in [1.54, 1.807) is 31.2 Å². The predicted molar refractivity (Wildman–Crippen MR) is 72.8 cm³/mol. The summed E-state index contributed by atoms with van der Waals surface area (Å²) >= 11 is 5.86. The molecule has 0 aromatic heterocycles. The maximum Gasteiger partial charge on any atom is 0.142 e. The number of hydrogen-bond donors (Lipinski definition) is 1. The number of hydrogen-bond acceptors (Lipinski definition) is 2. The van der Waals surface area contributed by atoms with Gasteiger partial charge in [-0.05, 0) is 19.1 Å². The molecule has 0 amide bonds. The first-order valence-electron chi connectivity index (χ1n) is 5.92. The van der Waals surface area contributed by atoms with Crippen molar-refractivity contribution in [2.45, 2.75) is 19.6 Å². The standard InChI is InChI=1S/C15H14ClFO2/c1-10(18)12-6-2-3-8-14(12)19-9-11-5-4-7-13(17)15(11)16/h2-8,10,18H,9H2,1H3/t10-/m1/s1. The van der Waals surface area contributed by atoms with Crippen LogP contribution in [-0.4, -0.2) is 5.11 Å². The smallest absolute Gasteiger partial charge is 0.142 e. The zero-order valence-corrected chi connectivity index (χ0v) is 11.2. The Labute approximate surface area is 116 Å². The second-order valence-electron chi connectivity index (χ2n) is 4.22. The Kier molecular flexibility index (Phi) is 4.40. The van der Waals surface area contributed by atoms with Gasteiger partial charge in [0.2, 0.25) is 0 Å². The molecule has 1 N–H and O–H groups in total. The lowest BCUT2D eigenvalue weighted by Crippen LogP contribution is -2.01. The molecule has 1 atom stereocenters. The number of benzene rings is 2. The lowest BCUT2D eigenvalue weighted by Gasteiger charge is -2.13. The highest BCUT2D eigenvalue weighted by Crippen LogP contribution is 2.27. The van der Waals surface area contributed by atoms with E-state index in [0.717, 1.165) is 0 Å². The molecule has 0 unspecified atom stereocenters. The molecule has 0 heterocycles. The minimum atomic E-state index is -0.626. The molecule has 100 valence electrons. The van der Waals surface area contributed by atoms with Gasteiger partial charge in [-0.3, -0.25) is 0 Å². The molecule has 0 aliphatic heterocycles. The van der Waals surface area contributed by atoms with Crippen molar-refractivity contribution < 1.29 is 14.2 Å². The summed E-state index contributed by atoms with van der Waals surface area (Å²) in [6.07, 6.45) is -0.626. The first kappa shape index (κ1) is 13.8. The second kappa shape index (κ2) is 6.04. The fraction of sp³-hybridized carbons (Fsp3) is 0.200. The minimum Gasteiger partial charge on any atom is -0.488 e. The maximum atomic E-state index is 13.3. The van der Waals surface area contributed by atoms with E-state index in [4.69, 9.17) is 16.3 Å². The highest BCUT2D eigenvalue weighted by Gasteiger charge is 2.10. The number of rotatable bonds is 4. The van der Waals surface area contributed by atoms with Gasteiger partial charge < -0.3 is 9.84 Å². The molecule has 0 aliphatic rings. The van der Waals surface area contributed by atoms with E-state index in [9.17, 15) is 9.50 Å². The van der Waals surface area contributed by atoms with Gasteiger partial charge in [-0.1, -0.05) is 41.9 Å². The van der Waals surface area contributed by atoms with Crippen molar-refractivity contribution in [2.24, 2.45) is 0 Å². The molecule has 0 spiro atoms. The molecular weight excluding hydrogens is 267 g/mol. The van der Waals surface area contributed by atoms with Gasteiger partial charge in [0, 0.05) is 11.1 Å². The molecule has 0 saturated heterocycles.